The summed E-state index contributed by atoms with van der Waals surface area (Å²) < 4.78 is 1.12. The lowest BCUT2D eigenvalue weighted by Gasteiger charge is -2.35. The van der Waals surface area contributed by atoms with Crippen LogP contribution >= 0.6 is 15.9 Å². The van der Waals surface area contributed by atoms with Gasteiger partial charge in [0.1, 0.15) is 0 Å². The minimum atomic E-state index is 0.262. The molecular formula is C15H23BrN2O. The third-order valence-electron chi connectivity index (χ3n) is 4.17. The summed E-state index contributed by atoms with van der Waals surface area (Å²) in [5.41, 5.74) is 7.35. The molecule has 0 aliphatic carbocycles. The normalized spacial score (nSPS) is 19.5. The Labute approximate surface area is 123 Å². The molecule has 1 saturated heterocycles. The van der Waals surface area contributed by atoms with Gasteiger partial charge in [-0.15, -0.1) is 0 Å². The van der Waals surface area contributed by atoms with Gasteiger partial charge in [-0.3, -0.25) is 0 Å². The maximum absolute atomic E-state index is 8.98. The predicted octanol–water partition coefficient (Wildman–Crippen LogP) is 2.20. The van der Waals surface area contributed by atoms with Gasteiger partial charge in [-0.25, -0.2) is 0 Å². The van der Waals surface area contributed by atoms with Crippen LogP contribution in [0.5, 0.6) is 0 Å². The van der Waals surface area contributed by atoms with E-state index in [4.69, 9.17) is 10.8 Å². The van der Waals surface area contributed by atoms with Crippen LogP contribution in [-0.4, -0.2) is 42.8 Å². The standard InChI is InChI=1S/C15H23BrN2O/c16-14-3-1-12(2-4-14)15(11-17)13-5-7-18(8-6-13)9-10-19/h1-4,13,15,19H,5-11,17H2. The molecule has 0 amide bonds. The third kappa shape index (κ3) is 4.02. The molecule has 0 aromatic heterocycles. The van der Waals surface area contributed by atoms with Crippen molar-refractivity contribution in [2.75, 3.05) is 32.8 Å². The fourth-order valence-corrected chi connectivity index (χ4v) is 3.30. The van der Waals surface area contributed by atoms with Gasteiger partial charge in [0.25, 0.3) is 0 Å². The van der Waals surface area contributed by atoms with Crippen molar-refractivity contribution in [3.63, 3.8) is 0 Å². The van der Waals surface area contributed by atoms with Gasteiger partial charge in [0, 0.05) is 11.0 Å². The Hall–Kier alpha value is -0.420. The molecule has 4 heteroatoms. The topological polar surface area (TPSA) is 49.5 Å². The lowest BCUT2D eigenvalue weighted by atomic mass is 9.80. The van der Waals surface area contributed by atoms with Gasteiger partial charge in [-0.05, 0) is 62.0 Å². The summed E-state index contributed by atoms with van der Waals surface area (Å²) in [6.07, 6.45) is 2.36. The summed E-state index contributed by atoms with van der Waals surface area (Å²) in [7, 11) is 0. The predicted molar refractivity (Wildman–Crippen MR) is 82.2 cm³/mol. The van der Waals surface area contributed by atoms with Crippen molar-refractivity contribution >= 4 is 15.9 Å². The van der Waals surface area contributed by atoms with E-state index in [1.54, 1.807) is 0 Å². The van der Waals surface area contributed by atoms with E-state index in [9.17, 15) is 0 Å². The number of halogens is 1. The van der Waals surface area contributed by atoms with Crippen molar-refractivity contribution < 1.29 is 5.11 Å². The molecular weight excluding hydrogens is 304 g/mol. The minimum Gasteiger partial charge on any atom is -0.395 e. The van der Waals surface area contributed by atoms with Crippen molar-refractivity contribution in [1.82, 2.24) is 4.90 Å². The molecule has 0 spiro atoms. The van der Waals surface area contributed by atoms with E-state index in [-0.39, 0.29) is 6.61 Å². The number of β-amino-alcohol motifs (C(OH)–C–C–N with tert-alkyl or cyclic N) is 1. The highest BCUT2D eigenvalue weighted by atomic mass is 79.9. The highest BCUT2D eigenvalue weighted by Crippen LogP contribution is 2.32. The molecule has 1 fully saturated rings. The van der Waals surface area contributed by atoms with Crippen molar-refractivity contribution in [1.29, 1.82) is 0 Å². The number of nitrogens with zero attached hydrogens (tertiary/aromatic N) is 1. The van der Waals surface area contributed by atoms with Crippen molar-refractivity contribution in [2.45, 2.75) is 18.8 Å². The van der Waals surface area contributed by atoms with Gasteiger partial charge in [0.2, 0.25) is 0 Å². The molecule has 1 atom stereocenters. The Bertz CT molecular complexity index is 374. The van der Waals surface area contributed by atoms with Crippen LogP contribution in [0, 0.1) is 5.92 Å². The number of rotatable bonds is 5. The first-order valence-corrected chi connectivity index (χ1v) is 7.82. The SMILES string of the molecule is NCC(c1ccc(Br)cc1)C1CCN(CCO)CC1. The zero-order chi connectivity index (χ0) is 13.7. The van der Waals surface area contributed by atoms with Gasteiger partial charge in [-0.1, -0.05) is 28.1 Å². The zero-order valence-electron chi connectivity index (χ0n) is 11.3. The van der Waals surface area contributed by atoms with E-state index < -0.39 is 0 Å². The molecule has 1 aliphatic rings. The van der Waals surface area contributed by atoms with Crippen molar-refractivity contribution in [3.05, 3.63) is 34.3 Å². The first kappa shape index (κ1) is 15.0. The molecule has 0 radical (unpaired) electrons. The summed E-state index contributed by atoms with van der Waals surface area (Å²) in [6.45, 7) is 3.94. The summed E-state index contributed by atoms with van der Waals surface area (Å²) in [5, 5.41) is 8.98. The third-order valence-corrected chi connectivity index (χ3v) is 4.70. The number of likely N-dealkylation sites (tertiary alicyclic amines) is 1. The van der Waals surface area contributed by atoms with Crippen LogP contribution in [0.15, 0.2) is 28.7 Å². The Morgan fingerprint density at radius 2 is 1.89 bits per heavy atom. The molecule has 2 rings (SSSR count). The van der Waals surface area contributed by atoms with Gasteiger partial charge in [-0.2, -0.15) is 0 Å². The smallest absolute Gasteiger partial charge is 0.0558 e. The van der Waals surface area contributed by atoms with E-state index in [0.717, 1.165) is 24.1 Å². The largest absolute Gasteiger partial charge is 0.395 e. The van der Waals surface area contributed by atoms with Crippen LogP contribution in [0.3, 0.4) is 0 Å². The molecule has 0 bridgehead atoms. The molecule has 106 valence electrons. The number of nitrogens with two attached hydrogens (primary N) is 1. The maximum Gasteiger partial charge on any atom is 0.0558 e. The minimum absolute atomic E-state index is 0.262. The van der Waals surface area contributed by atoms with Crippen molar-refractivity contribution in [2.24, 2.45) is 11.7 Å². The van der Waals surface area contributed by atoms with Crippen LogP contribution in [0.2, 0.25) is 0 Å². The average molecular weight is 327 g/mol. The molecule has 3 N–H and O–H groups in total. The number of hydrogen-bond donors (Lipinski definition) is 2. The molecule has 1 aromatic rings. The second-order valence-corrected chi connectivity index (χ2v) is 6.21. The molecule has 1 aliphatic heterocycles. The van der Waals surface area contributed by atoms with E-state index in [1.165, 1.54) is 18.4 Å². The second kappa shape index (κ2) is 7.39. The van der Waals surface area contributed by atoms with Gasteiger partial charge >= 0.3 is 0 Å². The summed E-state index contributed by atoms with van der Waals surface area (Å²) in [4.78, 5) is 2.34. The van der Waals surface area contributed by atoms with E-state index >= 15 is 0 Å². The van der Waals surface area contributed by atoms with E-state index in [0.29, 0.717) is 18.4 Å². The maximum atomic E-state index is 8.98. The van der Waals surface area contributed by atoms with Gasteiger partial charge < -0.3 is 15.7 Å². The van der Waals surface area contributed by atoms with Crippen LogP contribution in [-0.2, 0) is 0 Å². The number of benzene rings is 1. The Morgan fingerprint density at radius 1 is 1.26 bits per heavy atom. The summed E-state index contributed by atoms with van der Waals surface area (Å²) in [5.74, 6) is 1.13. The molecule has 1 aromatic carbocycles. The molecule has 3 nitrogen and oxygen atoms in total. The number of piperidine rings is 1. The van der Waals surface area contributed by atoms with Gasteiger partial charge in [0.15, 0.2) is 0 Å². The number of aliphatic hydroxyl groups excluding tert-OH is 1. The highest BCUT2D eigenvalue weighted by Gasteiger charge is 2.26. The summed E-state index contributed by atoms with van der Waals surface area (Å²) in [6, 6.07) is 8.56. The molecule has 1 unspecified atom stereocenters. The Balaban J connectivity index is 1.97. The first-order valence-electron chi connectivity index (χ1n) is 7.03. The zero-order valence-corrected chi connectivity index (χ0v) is 12.8. The second-order valence-electron chi connectivity index (χ2n) is 5.30. The Kier molecular flexibility index (Phi) is 5.82. The highest BCUT2D eigenvalue weighted by molar-refractivity contribution is 9.10. The first-order chi connectivity index (χ1) is 9.24. The quantitative estimate of drug-likeness (QED) is 0.872. The van der Waals surface area contributed by atoms with Crippen LogP contribution in [0.4, 0.5) is 0 Å². The average Bonchev–Trinajstić information content (AvgIpc) is 2.44. The van der Waals surface area contributed by atoms with Crippen LogP contribution < -0.4 is 5.73 Å². The molecule has 19 heavy (non-hydrogen) atoms. The van der Waals surface area contributed by atoms with E-state index in [1.807, 2.05) is 0 Å². The number of hydrogen-bond acceptors (Lipinski definition) is 3. The monoisotopic (exact) mass is 326 g/mol. The number of aliphatic hydroxyl groups is 1. The van der Waals surface area contributed by atoms with Crippen molar-refractivity contribution in [3.8, 4) is 0 Å². The fraction of sp³-hybridized carbons (Fsp3) is 0.600. The lowest BCUT2D eigenvalue weighted by Crippen LogP contribution is -2.38. The van der Waals surface area contributed by atoms with Gasteiger partial charge in [0.05, 0.1) is 6.61 Å². The Morgan fingerprint density at radius 3 is 2.42 bits per heavy atom. The molecule has 1 heterocycles. The van der Waals surface area contributed by atoms with E-state index in [2.05, 4.69) is 45.1 Å². The molecule has 0 saturated carbocycles. The van der Waals surface area contributed by atoms with Crippen LogP contribution in [0.1, 0.15) is 24.3 Å². The van der Waals surface area contributed by atoms with Crippen LogP contribution in [0.25, 0.3) is 0 Å². The fourth-order valence-electron chi connectivity index (χ4n) is 3.03. The summed E-state index contributed by atoms with van der Waals surface area (Å²) >= 11 is 3.48. The lowest BCUT2D eigenvalue weighted by molar-refractivity contribution is 0.138.